The molecule has 2 aromatic carbocycles. The highest BCUT2D eigenvalue weighted by Gasteiger charge is 2.17. The molecule has 1 heterocycles. The lowest BCUT2D eigenvalue weighted by molar-refractivity contribution is 0.465. The van der Waals surface area contributed by atoms with E-state index in [-0.39, 0.29) is 11.2 Å². The van der Waals surface area contributed by atoms with E-state index in [2.05, 4.69) is 55.2 Å². The van der Waals surface area contributed by atoms with Crippen LogP contribution in [0.1, 0.15) is 44.0 Å². The van der Waals surface area contributed by atoms with Crippen molar-refractivity contribution in [1.29, 1.82) is 0 Å². The van der Waals surface area contributed by atoms with E-state index in [1.165, 1.54) is 10.4 Å². The molecule has 0 unspecified atom stereocenters. The Kier molecular flexibility index (Phi) is 4.88. The first-order valence-electron chi connectivity index (χ1n) is 8.72. The summed E-state index contributed by atoms with van der Waals surface area (Å²) in [5, 5.41) is 19.1. The maximum absolute atomic E-state index is 10.2. The SMILES string of the molecule is CC(C)(C)c1ccc(O)c(-n2ncc(CCCc3ccccc3)n2)c1. The van der Waals surface area contributed by atoms with Crippen LogP contribution in [0.15, 0.2) is 54.7 Å². The van der Waals surface area contributed by atoms with Crippen LogP contribution in [0, 0.1) is 0 Å². The molecule has 3 rings (SSSR count). The average Bonchev–Trinajstić information content (AvgIpc) is 3.04. The molecule has 4 nitrogen and oxygen atoms in total. The van der Waals surface area contributed by atoms with E-state index in [1.54, 1.807) is 12.3 Å². The first-order chi connectivity index (χ1) is 11.9. The van der Waals surface area contributed by atoms with E-state index < -0.39 is 0 Å². The van der Waals surface area contributed by atoms with Gasteiger partial charge in [0.1, 0.15) is 11.4 Å². The van der Waals surface area contributed by atoms with Gasteiger partial charge in [-0.1, -0.05) is 57.2 Å². The maximum Gasteiger partial charge on any atom is 0.143 e. The number of rotatable bonds is 5. The molecule has 4 heteroatoms. The van der Waals surface area contributed by atoms with Crippen molar-refractivity contribution in [3.63, 3.8) is 0 Å². The molecule has 0 spiro atoms. The van der Waals surface area contributed by atoms with Crippen LogP contribution in [0.5, 0.6) is 5.75 Å². The van der Waals surface area contributed by atoms with Gasteiger partial charge in [0.05, 0.1) is 11.9 Å². The second-order valence-electron chi connectivity index (χ2n) is 7.42. The summed E-state index contributed by atoms with van der Waals surface area (Å²) in [4.78, 5) is 1.53. The summed E-state index contributed by atoms with van der Waals surface area (Å²) in [6.07, 6.45) is 4.71. The van der Waals surface area contributed by atoms with Crippen molar-refractivity contribution in [2.45, 2.75) is 45.4 Å². The zero-order chi connectivity index (χ0) is 17.9. The summed E-state index contributed by atoms with van der Waals surface area (Å²) in [5.41, 5.74) is 4.06. The van der Waals surface area contributed by atoms with Crippen LogP contribution < -0.4 is 0 Å². The van der Waals surface area contributed by atoms with Crippen LogP contribution in [0.25, 0.3) is 5.69 Å². The van der Waals surface area contributed by atoms with Gasteiger partial charge in [0.25, 0.3) is 0 Å². The third-order valence-corrected chi connectivity index (χ3v) is 4.34. The number of benzene rings is 2. The molecule has 0 saturated heterocycles. The number of aromatic hydroxyl groups is 1. The van der Waals surface area contributed by atoms with E-state index in [1.807, 2.05) is 18.2 Å². The van der Waals surface area contributed by atoms with Crippen LogP contribution in [0.3, 0.4) is 0 Å². The van der Waals surface area contributed by atoms with E-state index in [4.69, 9.17) is 0 Å². The fourth-order valence-corrected chi connectivity index (χ4v) is 2.79. The summed E-state index contributed by atoms with van der Waals surface area (Å²) >= 11 is 0. The standard InChI is InChI=1S/C21H25N3O/c1-21(2,3)17-12-13-20(25)19(14-17)24-22-15-18(23-24)11-7-10-16-8-5-4-6-9-16/h4-6,8-9,12-15,25H,7,10-11H2,1-3H3. The van der Waals surface area contributed by atoms with Crippen LogP contribution in [0.4, 0.5) is 0 Å². The van der Waals surface area contributed by atoms with Crippen molar-refractivity contribution in [1.82, 2.24) is 15.0 Å². The number of phenolic OH excluding ortho intramolecular Hbond substituents is 1. The Morgan fingerprint density at radius 2 is 1.76 bits per heavy atom. The highest BCUT2D eigenvalue weighted by molar-refractivity contribution is 5.48. The minimum absolute atomic E-state index is 0.00805. The number of aryl methyl sites for hydroxylation is 2. The molecule has 130 valence electrons. The minimum atomic E-state index is 0.00805. The smallest absolute Gasteiger partial charge is 0.143 e. The maximum atomic E-state index is 10.2. The quantitative estimate of drug-likeness (QED) is 0.749. The van der Waals surface area contributed by atoms with Crippen molar-refractivity contribution >= 4 is 0 Å². The molecule has 0 atom stereocenters. The number of hydrogen-bond acceptors (Lipinski definition) is 3. The van der Waals surface area contributed by atoms with Gasteiger partial charge in [0.15, 0.2) is 0 Å². The summed E-state index contributed by atoms with van der Waals surface area (Å²) in [7, 11) is 0. The Morgan fingerprint density at radius 1 is 1.00 bits per heavy atom. The van der Waals surface area contributed by atoms with Gasteiger partial charge in [0, 0.05) is 0 Å². The molecule has 0 aliphatic rings. The second kappa shape index (κ2) is 7.09. The van der Waals surface area contributed by atoms with Gasteiger partial charge in [0.2, 0.25) is 0 Å². The van der Waals surface area contributed by atoms with Gasteiger partial charge in [-0.05, 0) is 47.9 Å². The molecular weight excluding hydrogens is 310 g/mol. The van der Waals surface area contributed by atoms with Crippen molar-refractivity contribution in [3.05, 3.63) is 71.5 Å². The second-order valence-corrected chi connectivity index (χ2v) is 7.42. The predicted molar refractivity (Wildman–Crippen MR) is 100 cm³/mol. The molecule has 1 N–H and O–H groups in total. The predicted octanol–water partition coefficient (Wildman–Crippen LogP) is 4.45. The topological polar surface area (TPSA) is 50.9 Å². The molecule has 1 aromatic heterocycles. The molecule has 0 radical (unpaired) electrons. The Bertz CT molecular complexity index is 832. The Labute approximate surface area is 149 Å². The van der Waals surface area contributed by atoms with Gasteiger partial charge in [-0.25, -0.2) is 0 Å². The van der Waals surface area contributed by atoms with E-state index in [9.17, 15) is 5.11 Å². The molecule has 0 aliphatic heterocycles. The fourth-order valence-electron chi connectivity index (χ4n) is 2.79. The first-order valence-corrected chi connectivity index (χ1v) is 8.72. The summed E-state index contributed by atoms with van der Waals surface area (Å²) in [6.45, 7) is 6.44. The number of aromatic nitrogens is 3. The monoisotopic (exact) mass is 335 g/mol. The van der Waals surface area contributed by atoms with Gasteiger partial charge < -0.3 is 5.11 Å². The van der Waals surface area contributed by atoms with Crippen LogP contribution in [0.2, 0.25) is 0 Å². The van der Waals surface area contributed by atoms with Crippen LogP contribution >= 0.6 is 0 Å². The molecule has 25 heavy (non-hydrogen) atoms. The van der Waals surface area contributed by atoms with Crippen LogP contribution in [-0.4, -0.2) is 20.1 Å². The van der Waals surface area contributed by atoms with Crippen molar-refractivity contribution in [2.24, 2.45) is 0 Å². The average molecular weight is 335 g/mol. The first kappa shape index (κ1) is 17.2. The molecule has 0 fully saturated rings. The molecule has 0 bridgehead atoms. The summed E-state index contributed by atoms with van der Waals surface area (Å²) in [6, 6.07) is 16.1. The molecule has 0 aliphatic carbocycles. The van der Waals surface area contributed by atoms with Crippen molar-refractivity contribution < 1.29 is 5.11 Å². The van der Waals surface area contributed by atoms with E-state index in [0.29, 0.717) is 5.69 Å². The largest absolute Gasteiger partial charge is 0.506 e. The Hall–Kier alpha value is -2.62. The van der Waals surface area contributed by atoms with Crippen molar-refractivity contribution in [3.8, 4) is 11.4 Å². The zero-order valence-corrected chi connectivity index (χ0v) is 15.1. The molecule has 0 amide bonds. The molecular formula is C21H25N3O. The van der Waals surface area contributed by atoms with Crippen LogP contribution in [-0.2, 0) is 18.3 Å². The highest BCUT2D eigenvalue weighted by Crippen LogP contribution is 2.29. The van der Waals surface area contributed by atoms with E-state index in [0.717, 1.165) is 30.5 Å². The number of hydrogen-bond donors (Lipinski definition) is 1. The number of nitrogens with zero attached hydrogens (tertiary/aromatic N) is 3. The Morgan fingerprint density at radius 3 is 2.48 bits per heavy atom. The summed E-state index contributed by atoms with van der Waals surface area (Å²) in [5.74, 6) is 0.194. The lowest BCUT2D eigenvalue weighted by atomic mass is 9.87. The fraction of sp³-hybridized carbons (Fsp3) is 0.333. The molecule has 3 aromatic rings. The van der Waals surface area contributed by atoms with Gasteiger partial charge in [-0.2, -0.15) is 10.2 Å². The normalized spacial score (nSPS) is 11.6. The van der Waals surface area contributed by atoms with Gasteiger partial charge in [-0.15, -0.1) is 4.80 Å². The van der Waals surface area contributed by atoms with Gasteiger partial charge >= 0.3 is 0 Å². The third-order valence-electron chi connectivity index (χ3n) is 4.34. The third kappa shape index (κ3) is 4.27. The lowest BCUT2D eigenvalue weighted by Crippen LogP contribution is -2.12. The minimum Gasteiger partial charge on any atom is -0.506 e. The molecule has 0 saturated carbocycles. The zero-order valence-electron chi connectivity index (χ0n) is 15.1. The number of phenols is 1. The lowest BCUT2D eigenvalue weighted by Gasteiger charge is -2.20. The van der Waals surface area contributed by atoms with Crippen molar-refractivity contribution in [2.75, 3.05) is 0 Å². The summed E-state index contributed by atoms with van der Waals surface area (Å²) < 4.78 is 0. The Balaban J connectivity index is 1.71. The van der Waals surface area contributed by atoms with E-state index >= 15 is 0 Å². The highest BCUT2D eigenvalue weighted by atomic mass is 16.3. The van der Waals surface area contributed by atoms with Gasteiger partial charge in [-0.3, -0.25) is 0 Å².